The van der Waals surface area contributed by atoms with Gasteiger partial charge in [-0.15, -0.1) is 0 Å². The average molecular weight is 283 g/mol. The normalized spacial score (nSPS) is 10.3. The molecule has 0 unspecified atom stereocenters. The first-order chi connectivity index (χ1) is 9.51. The molecule has 0 aromatic heterocycles. The summed E-state index contributed by atoms with van der Waals surface area (Å²) >= 11 is 0. The number of rotatable bonds is 7. The summed E-state index contributed by atoms with van der Waals surface area (Å²) in [5, 5.41) is 2.72. The first kappa shape index (κ1) is 16.1. The quantitative estimate of drug-likeness (QED) is 0.830. The van der Waals surface area contributed by atoms with E-state index in [1.807, 2.05) is 13.8 Å². The fraction of sp³-hybridized carbons (Fsp3) is 0.500. The van der Waals surface area contributed by atoms with Gasteiger partial charge < -0.3 is 24.3 Å². The maximum atomic E-state index is 11.7. The van der Waals surface area contributed by atoms with Crippen molar-refractivity contribution < 1.29 is 23.7 Å². The second kappa shape index (κ2) is 7.59. The minimum absolute atomic E-state index is 0.000639. The van der Waals surface area contributed by atoms with Crippen LogP contribution in [0.1, 0.15) is 13.8 Å². The van der Waals surface area contributed by atoms with Crippen molar-refractivity contribution in [3.8, 4) is 17.2 Å². The molecular formula is C14H21NO5. The van der Waals surface area contributed by atoms with E-state index < -0.39 is 0 Å². The van der Waals surface area contributed by atoms with E-state index in [0.717, 1.165) is 0 Å². The number of hydrogen-bond acceptors (Lipinski definition) is 5. The van der Waals surface area contributed by atoms with Crippen LogP contribution in [0.2, 0.25) is 0 Å². The molecule has 1 N–H and O–H groups in total. The predicted molar refractivity (Wildman–Crippen MR) is 75.8 cm³/mol. The number of ether oxygens (including phenoxy) is 4. The van der Waals surface area contributed by atoms with Gasteiger partial charge in [0, 0.05) is 17.8 Å². The smallest absolute Gasteiger partial charge is 0.250 e. The van der Waals surface area contributed by atoms with Gasteiger partial charge in [-0.1, -0.05) is 0 Å². The van der Waals surface area contributed by atoms with Crippen LogP contribution in [0.5, 0.6) is 17.2 Å². The predicted octanol–water partition coefficient (Wildman–Crippen LogP) is 2.08. The molecule has 0 aliphatic rings. The van der Waals surface area contributed by atoms with Crippen molar-refractivity contribution in [3.05, 3.63) is 12.1 Å². The zero-order valence-corrected chi connectivity index (χ0v) is 12.5. The Kier molecular flexibility index (Phi) is 6.11. The van der Waals surface area contributed by atoms with Gasteiger partial charge in [-0.2, -0.15) is 0 Å². The van der Waals surface area contributed by atoms with E-state index in [1.54, 1.807) is 12.1 Å². The van der Waals surface area contributed by atoms with Crippen LogP contribution in [0.15, 0.2) is 12.1 Å². The van der Waals surface area contributed by atoms with E-state index in [-0.39, 0.29) is 18.6 Å². The number of carbonyl (C=O) groups excluding carboxylic acids is 1. The fourth-order valence-corrected chi connectivity index (χ4v) is 1.59. The van der Waals surface area contributed by atoms with Crippen LogP contribution in [0.4, 0.5) is 5.69 Å². The van der Waals surface area contributed by atoms with Crippen molar-refractivity contribution in [1.82, 2.24) is 0 Å². The van der Waals surface area contributed by atoms with Crippen LogP contribution < -0.4 is 19.5 Å². The number of carbonyl (C=O) groups is 1. The van der Waals surface area contributed by atoms with E-state index in [1.165, 1.54) is 21.3 Å². The van der Waals surface area contributed by atoms with Gasteiger partial charge >= 0.3 is 0 Å². The molecule has 20 heavy (non-hydrogen) atoms. The summed E-state index contributed by atoms with van der Waals surface area (Å²) in [5.41, 5.74) is 0.553. The molecule has 1 aromatic rings. The Bertz CT molecular complexity index is 434. The van der Waals surface area contributed by atoms with Crippen LogP contribution in [0.25, 0.3) is 0 Å². The van der Waals surface area contributed by atoms with Crippen LogP contribution >= 0.6 is 0 Å². The Hall–Kier alpha value is -1.95. The highest BCUT2D eigenvalue weighted by atomic mass is 16.5. The SMILES string of the molecule is COc1cc(NC(=O)COC(C)C)cc(OC)c1OC. The highest BCUT2D eigenvalue weighted by Gasteiger charge is 2.14. The van der Waals surface area contributed by atoms with E-state index in [9.17, 15) is 4.79 Å². The van der Waals surface area contributed by atoms with Gasteiger partial charge in [0.25, 0.3) is 0 Å². The molecule has 1 aromatic carbocycles. The Morgan fingerprint density at radius 1 is 1.10 bits per heavy atom. The van der Waals surface area contributed by atoms with Crippen molar-refractivity contribution in [2.24, 2.45) is 0 Å². The summed E-state index contributed by atoms with van der Waals surface area (Å²) in [6.45, 7) is 3.73. The molecule has 0 saturated carbocycles. The summed E-state index contributed by atoms with van der Waals surface area (Å²) in [5.74, 6) is 1.19. The highest BCUT2D eigenvalue weighted by molar-refractivity contribution is 5.92. The van der Waals surface area contributed by atoms with Crippen LogP contribution in [0.3, 0.4) is 0 Å². The summed E-state index contributed by atoms with van der Waals surface area (Å²) in [6, 6.07) is 3.32. The molecule has 0 aliphatic heterocycles. The standard InChI is InChI=1S/C14H21NO5/c1-9(2)20-8-13(16)15-10-6-11(17-3)14(19-5)12(7-10)18-4/h6-7,9H,8H2,1-5H3,(H,15,16). The molecule has 0 fully saturated rings. The van der Waals surface area contributed by atoms with E-state index in [0.29, 0.717) is 22.9 Å². The van der Waals surface area contributed by atoms with E-state index in [2.05, 4.69) is 5.32 Å². The third-order valence-electron chi connectivity index (χ3n) is 2.50. The third-order valence-corrected chi connectivity index (χ3v) is 2.50. The number of anilines is 1. The average Bonchev–Trinajstić information content (AvgIpc) is 2.43. The lowest BCUT2D eigenvalue weighted by molar-refractivity contribution is -0.121. The van der Waals surface area contributed by atoms with Crippen LogP contribution in [-0.2, 0) is 9.53 Å². The second-order valence-corrected chi connectivity index (χ2v) is 4.32. The monoisotopic (exact) mass is 283 g/mol. The number of nitrogens with one attached hydrogen (secondary N) is 1. The molecule has 1 rings (SSSR count). The van der Waals surface area contributed by atoms with Crippen molar-refractivity contribution in [2.75, 3.05) is 33.3 Å². The van der Waals surface area contributed by atoms with Crippen molar-refractivity contribution >= 4 is 11.6 Å². The lowest BCUT2D eigenvalue weighted by Gasteiger charge is -2.15. The number of benzene rings is 1. The number of amides is 1. The van der Waals surface area contributed by atoms with Gasteiger partial charge in [-0.25, -0.2) is 0 Å². The lowest BCUT2D eigenvalue weighted by atomic mass is 10.2. The van der Waals surface area contributed by atoms with Gasteiger partial charge in [0.2, 0.25) is 11.7 Å². The van der Waals surface area contributed by atoms with Crippen LogP contribution in [-0.4, -0.2) is 39.9 Å². The minimum atomic E-state index is -0.243. The number of methoxy groups -OCH3 is 3. The summed E-state index contributed by atoms with van der Waals surface area (Å²) in [6.07, 6.45) is 0.000639. The van der Waals surface area contributed by atoms with Crippen molar-refractivity contribution in [2.45, 2.75) is 20.0 Å². The van der Waals surface area contributed by atoms with Gasteiger partial charge in [0.1, 0.15) is 6.61 Å². The maximum Gasteiger partial charge on any atom is 0.250 e. The molecule has 0 radical (unpaired) electrons. The molecule has 0 spiro atoms. The first-order valence-electron chi connectivity index (χ1n) is 6.23. The largest absolute Gasteiger partial charge is 0.493 e. The molecule has 0 bridgehead atoms. The Morgan fingerprint density at radius 2 is 1.65 bits per heavy atom. The highest BCUT2D eigenvalue weighted by Crippen LogP contribution is 2.39. The zero-order chi connectivity index (χ0) is 15.1. The Balaban J connectivity index is 2.88. The molecule has 1 amide bonds. The molecule has 112 valence electrons. The molecule has 0 heterocycles. The first-order valence-corrected chi connectivity index (χ1v) is 6.23. The van der Waals surface area contributed by atoms with Crippen LogP contribution in [0, 0.1) is 0 Å². The van der Waals surface area contributed by atoms with Gasteiger partial charge in [-0.3, -0.25) is 4.79 Å². The topological polar surface area (TPSA) is 66.0 Å². The number of hydrogen-bond donors (Lipinski definition) is 1. The Labute approximate surface area is 119 Å². The van der Waals surface area contributed by atoms with Crippen molar-refractivity contribution in [1.29, 1.82) is 0 Å². The molecule has 6 nitrogen and oxygen atoms in total. The molecular weight excluding hydrogens is 262 g/mol. The maximum absolute atomic E-state index is 11.7. The Morgan fingerprint density at radius 3 is 2.05 bits per heavy atom. The van der Waals surface area contributed by atoms with Gasteiger partial charge in [0.15, 0.2) is 11.5 Å². The third kappa shape index (κ3) is 4.31. The zero-order valence-electron chi connectivity index (χ0n) is 12.5. The molecule has 0 saturated heterocycles. The second-order valence-electron chi connectivity index (χ2n) is 4.32. The summed E-state index contributed by atoms with van der Waals surface area (Å²) in [4.78, 5) is 11.7. The fourth-order valence-electron chi connectivity index (χ4n) is 1.59. The molecule has 6 heteroatoms. The van der Waals surface area contributed by atoms with Gasteiger partial charge in [0.05, 0.1) is 27.4 Å². The lowest BCUT2D eigenvalue weighted by Crippen LogP contribution is -2.20. The van der Waals surface area contributed by atoms with E-state index in [4.69, 9.17) is 18.9 Å². The summed E-state index contributed by atoms with van der Waals surface area (Å²) in [7, 11) is 4.56. The molecule has 0 atom stereocenters. The summed E-state index contributed by atoms with van der Waals surface area (Å²) < 4.78 is 20.9. The van der Waals surface area contributed by atoms with Gasteiger partial charge in [-0.05, 0) is 13.8 Å². The molecule has 0 aliphatic carbocycles. The van der Waals surface area contributed by atoms with Crippen molar-refractivity contribution in [3.63, 3.8) is 0 Å². The van der Waals surface area contributed by atoms with E-state index >= 15 is 0 Å². The minimum Gasteiger partial charge on any atom is -0.493 e.